The fourth-order valence-corrected chi connectivity index (χ4v) is 2.64. The minimum absolute atomic E-state index is 0.0596. The molecule has 176 valence electrons. The summed E-state index contributed by atoms with van der Waals surface area (Å²) in [6, 6.07) is 9.58. The molecule has 0 saturated heterocycles. The van der Waals surface area contributed by atoms with Crippen LogP contribution in [-0.2, 0) is 19.1 Å². The number of methoxy groups -OCH3 is 1. The molecule has 2 amide bonds. The Morgan fingerprint density at radius 1 is 1.06 bits per heavy atom. The van der Waals surface area contributed by atoms with Gasteiger partial charge in [0.1, 0.15) is 0 Å². The van der Waals surface area contributed by atoms with E-state index < -0.39 is 31.0 Å². The van der Waals surface area contributed by atoms with Gasteiger partial charge in [0.15, 0.2) is 18.1 Å². The molecule has 8 nitrogen and oxygen atoms in total. The summed E-state index contributed by atoms with van der Waals surface area (Å²) in [5.74, 6) is -1.97. The molecule has 0 bridgehead atoms. The number of nitrogens with one attached hydrogen (secondary N) is 2. The van der Waals surface area contributed by atoms with Gasteiger partial charge in [-0.25, -0.2) is 4.79 Å². The minimum Gasteiger partial charge on any atom is -0.493 e. The van der Waals surface area contributed by atoms with Crippen LogP contribution >= 0.6 is 0 Å². The number of rotatable bonds is 10. The molecule has 0 atom stereocenters. The second-order valence-electron chi connectivity index (χ2n) is 6.80. The smallest absolute Gasteiger partial charge is 0.387 e. The largest absolute Gasteiger partial charge is 0.493 e. The molecule has 0 spiro atoms. The van der Waals surface area contributed by atoms with Crippen molar-refractivity contribution in [1.82, 2.24) is 5.32 Å². The molecule has 2 rings (SSSR count). The van der Waals surface area contributed by atoms with E-state index in [4.69, 9.17) is 9.47 Å². The lowest BCUT2D eigenvalue weighted by atomic mass is 10.1. The number of alkyl halides is 2. The van der Waals surface area contributed by atoms with Gasteiger partial charge in [-0.3, -0.25) is 9.59 Å². The summed E-state index contributed by atoms with van der Waals surface area (Å²) in [4.78, 5) is 35.6. The molecule has 0 aliphatic heterocycles. The van der Waals surface area contributed by atoms with Gasteiger partial charge in [0.2, 0.25) is 5.91 Å². The lowest BCUT2D eigenvalue weighted by Crippen LogP contribution is -2.35. The Bertz CT molecular complexity index is 1040. The lowest BCUT2D eigenvalue weighted by molar-refractivity contribution is -0.143. The molecule has 2 aromatic rings. The Hall–Kier alpha value is -3.95. The molecule has 2 N–H and O–H groups in total. The highest BCUT2D eigenvalue weighted by Crippen LogP contribution is 2.29. The summed E-state index contributed by atoms with van der Waals surface area (Å²) < 4.78 is 38.8. The van der Waals surface area contributed by atoms with Crippen molar-refractivity contribution in [3.63, 3.8) is 0 Å². The van der Waals surface area contributed by atoms with Gasteiger partial charge in [-0.2, -0.15) is 8.78 Å². The Labute approximate surface area is 189 Å². The van der Waals surface area contributed by atoms with Crippen LogP contribution in [0.15, 0.2) is 42.5 Å². The van der Waals surface area contributed by atoms with E-state index in [1.807, 2.05) is 26.0 Å². The van der Waals surface area contributed by atoms with Gasteiger partial charge in [-0.05, 0) is 54.8 Å². The molecule has 0 radical (unpaired) electrons. The van der Waals surface area contributed by atoms with Gasteiger partial charge in [-0.15, -0.1) is 0 Å². The highest BCUT2D eigenvalue weighted by Gasteiger charge is 2.12. The first kappa shape index (κ1) is 25.3. The van der Waals surface area contributed by atoms with Crippen LogP contribution in [0.1, 0.15) is 16.7 Å². The van der Waals surface area contributed by atoms with Crippen molar-refractivity contribution in [3.05, 3.63) is 59.2 Å². The molecule has 0 unspecified atom stereocenters. The predicted molar refractivity (Wildman–Crippen MR) is 117 cm³/mol. The number of carbonyl (C=O) groups excluding carboxylic acids is 3. The third-order valence-corrected chi connectivity index (χ3v) is 4.49. The molecule has 0 aliphatic rings. The van der Waals surface area contributed by atoms with Crippen LogP contribution in [0.25, 0.3) is 6.08 Å². The summed E-state index contributed by atoms with van der Waals surface area (Å²) in [5.41, 5.74) is 3.05. The van der Waals surface area contributed by atoms with E-state index in [0.29, 0.717) is 11.3 Å². The van der Waals surface area contributed by atoms with Gasteiger partial charge in [0.05, 0.1) is 13.7 Å². The summed E-state index contributed by atoms with van der Waals surface area (Å²) in [6.45, 7) is -0.0723. The summed E-state index contributed by atoms with van der Waals surface area (Å²) >= 11 is 0. The van der Waals surface area contributed by atoms with Crippen LogP contribution in [0.4, 0.5) is 14.5 Å². The van der Waals surface area contributed by atoms with E-state index in [-0.39, 0.29) is 18.0 Å². The van der Waals surface area contributed by atoms with Crippen molar-refractivity contribution in [2.24, 2.45) is 0 Å². The number of halogens is 2. The minimum atomic E-state index is -3.00. The Balaban J connectivity index is 1.78. The predicted octanol–water partition coefficient (Wildman–Crippen LogP) is 3.22. The molecular weight excluding hydrogens is 438 g/mol. The zero-order chi connectivity index (χ0) is 24.4. The molecule has 0 fully saturated rings. The Morgan fingerprint density at radius 3 is 2.52 bits per heavy atom. The van der Waals surface area contributed by atoms with Gasteiger partial charge >= 0.3 is 12.6 Å². The molecule has 2 aromatic carbocycles. The zero-order valence-corrected chi connectivity index (χ0v) is 18.3. The van der Waals surface area contributed by atoms with Gasteiger partial charge in [0, 0.05) is 11.8 Å². The molecule has 33 heavy (non-hydrogen) atoms. The first-order chi connectivity index (χ1) is 15.7. The number of amides is 2. The van der Waals surface area contributed by atoms with Gasteiger partial charge in [0.25, 0.3) is 5.91 Å². The normalized spacial score (nSPS) is 10.7. The van der Waals surface area contributed by atoms with Crippen LogP contribution < -0.4 is 20.1 Å². The van der Waals surface area contributed by atoms with E-state index in [2.05, 4.69) is 15.4 Å². The first-order valence-corrected chi connectivity index (χ1v) is 9.80. The van der Waals surface area contributed by atoms with Crippen molar-refractivity contribution in [2.75, 3.05) is 25.6 Å². The number of carbonyl (C=O) groups is 3. The highest BCUT2D eigenvalue weighted by atomic mass is 19.3. The summed E-state index contributed by atoms with van der Waals surface area (Å²) in [5, 5.41) is 5.06. The first-order valence-electron chi connectivity index (χ1n) is 9.80. The molecule has 10 heteroatoms. The monoisotopic (exact) mass is 462 g/mol. The Kier molecular flexibility index (Phi) is 9.34. The number of benzene rings is 2. The van der Waals surface area contributed by atoms with Gasteiger partial charge in [-0.1, -0.05) is 18.2 Å². The fraction of sp³-hybridized carbons (Fsp3) is 0.261. The van der Waals surface area contributed by atoms with Crippen molar-refractivity contribution in [2.45, 2.75) is 20.5 Å². The average Bonchev–Trinajstić information content (AvgIpc) is 2.78. The van der Waals surface area contributed by atoms with E-state index in [1.165, 1.54) is 31.4 Å². The van der Waals surface area contributed by atoms with Crippen LogP contribution in [0.2, 0.25) is 0 Å². The topological polar surface area (TPSA) is 103 Å². The second kappa shape index (κ2) is 12.2. The second-order valence-corrected chi connectivity index (χ2v) is 6.80. The third-order valence-electron chi connectivity index (χ3n) is 4.49. The standard InChI is InChI=1S/C23H24F2N2O6/c1-14-5-4-6-17(15(14)2)27-20(28)12-26-21(29)13-32-22(30)10-8-16-7-9-18(33-23(24)25)19(11-16)31-3/h4-11,23H,12-13H2,1-3H3,(H,26,29)(H,27,28)/b10-8+. The van der Waals surface area contributed by atoms with Crippen LogP contribution in [0, 0.1) is 13.8 Å². The number of hydrogen-bond donors (Lipinski definition) is 2. The average molecular weight is 462 g/mol. The summed E-state index contributed by atoms with van der Waals surface area (Å²) in [7, 11) is 1.29. The van der Waals surface area contributed by atoms with Gasteiger partial charge < -0.3 is 24.8 Å². The molecule has 0 heterocycles. The lowest BCUT2D eigenvalue weighted by Gasteiger charge is -2.11. The Morgan fingerprint density at radius 2 is 1.82 bits per heavy atom. The van der Waals surface area contributed by atoms with E-state index >= 15 is 0 Å². The number of hydrogen-bond acceptors (Lipinski definition) is 6. The van der Waals surface area contributed by atoms with E-state index in [0.717, 1.165) is 17.2 Å². The number of aryl methyl sites for hydroxylation is 1. The van der Waals surface area contributed by atoms with E-state index in [9.17, 15) is 23.2 Å². The van der Waals surface area contributed by atoms with Crippen LogP contribution in [0.3, 0.4) is 0 Å². The van der Waals surface area contributed by atoms with Crippen LogP contribution in [0.5, 0.6) is 11.5 Å². The number of anilines is 1. The number of esters is 1. The van der Waals surface area contributed by atoms with Crippen molar-refractivity contribution in [1.29, 1.82) is 0 Å². The maximum atomic E-state index is 12.4. The maximum absolute atomic E-state index is 12.4. The summed E-state index contributed by atoms with van der Waals surface area (Å²) in [6.07, 6.45) is 2.41. The molecular formula is C23H24F2N2O6. The quantitative estimate of drug-likeness (QED) is 0.415. The maximum Gasteiger partial charge on any atom is 0.387 e. The zero-order valence-electron chi connectivity index (χ0n) is 18.3. The molecule has 0 aromatic heterocycles. The number of ether oxygens (including phenoxy) is 3. The van der Waals surface area contributed by atoms with Crippen LogP contribution in [-0.4, -0.2) is 44.7 Å². The third kappa shape index (κ3) is 8.24. The SMILES string of the molecule is COc1cc(/C=C/C(=O)OCC(=O)NCC(=O)Nc2cccc(C)c2C)ccc1OC(F)F. The molecule has 0 aliphatic carbocycles. The van der Waals surface area contributed by atoms with Crippen molar-refractivity contribution >= 4 is 29.5 Å². The fourth-order valence-electron chi connectivity index (χ4n) is 2.64. The van der Waals surface area contributed by atoms with E-state index in [1.54, 1.807) is 6.07 Å². The van der Waals surface area contributed by atoms with Crippen molar-refractivity contribution in [3.8, 4) is 11.5 Å². The highest BCUT2D eigenvalue weighted by molar-refractivity contribution is 5.95. The molecule has 0 saturated carbocycles. The van der Waals surface area contributed by atoms with Crippen molar-refractivity contribution < 1.29 is 37.4 Å².